The van der Waals surface area contributed by atoms with Gasteiger partial charge in [-0.15, -0.1) is 0 Å². The molecule has 0 bridgehead atoms. The molecule has 2 aliphatic rings. The number of rotatable bonds is 6. The highest BCUT2D eigenvalue weighted by Gasteiger charge is 2.71. The van der Waals surface area contributed by atoms with Crippen molar-refractivity contribution < 1.29 is 23.9 Å². The van der Waals surface area contributed by atoms with Crippen LogP contribution in [0.3, 0.4) is 0 Å². The smallest absolute Gasteiger partial charge is 0.410 e. The lowest BCUT2D eigenvalue weighted by molar-refractivity contribution is -0.179. The van der Waals surface area contributed by atoms with Crippen LogP contribution < -0.4 is 5.32 Å². The van der Waals surface area contributed by atoms with Crippen LogP contribution in [-0.2, 0) is 31.0 Å². The predicted molar refractivity (Wildman–Crippen MR) is 133 cm³/mol. The molecule has 186 valence electrons. The maximum atomic E-state index is 13.2. The van der Waals surface area contributed by atoms with Gasteiger partial charge in [-0.05, 0) is 57.7 Å². The van der Waals surface area contributed by atoms with Crippen LogP contribution in [0.4, 0.5) is 10.5 Å². The van der Waals surface area contributed by atoms with E-state index in [1.54, 1.807) is 4.90 Å². The predicted octanol–water partition coefficient (Wildman–Crippen LogP) is 4.90. The fourth-order valence-corrected chi connectivity index (χ4v) is 5.77. The first kappa shape index (κ1) is 24.8. The molecule has 2 amide bonds. The van der Waals surface area contributed by atoms with E-state index in [1.807, 2.05) is 82.3 Å². The maximum absolute atomic E-state index is 13.2. The van der Waals surface area contributed by atoms with E-state index in [0.717, 1.165) is 11.1 Å². The molecule has 3 atom stereocenters. The summed E-state index contributed by atoms with van der Waals surface area (Å²) in [6.45, 7) is 8.06. The van der Waals surface area contributed by atoms with E-state index in [1.165, 1.54) is 7.11 Å². The zero-order chi connectivity index (χ0) is 25.4. The second kappa shape index (κ2) is 9.02. The molecule has 0 radical (unpaired) electrons. The molecule has 35 heavy (non-hydrogen) atoms. The monoisotopic (exact) mass is 478 g/mol. The number of hydrogen-bond acceptors (Lipinski definition) is 5. The average Bonchev–Trinajstić information content (AvgIpc) is 2.81. The van der Waals surface area contributed by atoms with Crippen LogP contribution in [0, 0.1) is 11.3 Å². The van der Waals surface area contributed by atoms with E-state index in [-0.39, 0.29) is 11.9 Å². The van der Waals surface area contributed by atoms with Crippen LogP contribution in [0.5, 0.6) is 0 Å². The van der Waals surface area contributed by atoms with Gasteiger partial charge in [0.25, 0.3) is 0 Å². The molecule has 0 spiro atoms. The number of fused-ring (bicyclic) bond motifs is 3. The minimum absolute atomic E-state index is 0.100. The lowest BCUT2D eigenvalue weighted by atomic mass is 9.39. The summed E-state index contributed by atoms with van der Waals surface area (Å²) < 4.78 is 10.9. The number of nitrogens with one attached hydrogen (secondary N) is 1. The minimum Gasteiger partial charge on any atom is -0.469 e. The van der Waals surface area contributed by atoms with Crippen LogP contribution in [0.25, 0.3) is 0 Å². The standard InChI is InChI=1S/C28H34N2O5/c1-26(2,3)35-25(33)30(18-19-11-7-6-8-12-19)16-15-28-20-13-9-10-14-22(20)29-23(31)21(28)17-27(28,4)24(32)34-5/h6-14,21H,15-18H2,1-5H3,(H,29,31)/t21-,27+,28+/m1/s1. The van der Waals surface area contributed by atoms with Crippen LogP contribution in [0.15, 0.2) is 54.6 Å². The van der Waals surface area contributed by atoms with Gasteiger partial charge in [0.05, 0.1) is 18.4 Å². The molecule has 7 heteroatoms. The van der Waals surface area contributed by atoms with Crippen molar-refractivity contribution in [2.75, 3.05) is 19.0 Å². The largest absolute Gasteiger partial charge is 0.469 e. The zero-order valence-corrected chi connectivity index (χ0v) is 21.1. The van der Waals surface area contributed by atoms with Gasteiger partial charge in [0, 0.05) is 24.2 Å². The van der Waals surface area contributed by atoms with Crippen LogP contribution >= 0.6 is 0 Å². The molecular weight excluding hydrogens is 444 g/mol. The Labute approximate surface area is 206 Å². The van der Waals surface area contributed by atoms with Crippen molar-refractivity contribution in [3.05, 3.63) is 65.7 Å². The maximum Gasteiger partial charge on any atom is 0.410 e. The van der Waals surface area contributed by atoms with Crippen molar-refractivity contribution in [1.82, 2.24) is 4.90 Å². The molecule has 1 aliphatic heterocycles. The Hall–Kier alpha value is -3.35. The SMILES string of the molecule is COC(=O)[C@]1(C)C[C@@H]2C(=O)Nc3ccccc3[C@@]21CCN(Cc1ccccc1)C(=O)OC(C)(C)C. The van der Waals surface area contributed by atoms with E-state index in [4.69, 9.17) is 9.47 Å². The van der Waals surface area contributed by atoms with Crippen molar-refractivity contribution in [2.45, 2.75) is 58.1 Å². The normalized spacial score (nSPS) is 24.8. The quantitative estimate of drug-likeness (QED) is 0.597. The van der Waals surface area contributed by atoms with Gasteiger partial charge in [0.15, 0.2) is 0 Å². The summed E-state index contributed by atoms with van der Waals surface area (Å²) in [5.74, 6) is -0.833. The Balaban J connectivity index is 1.72. The summed E-state index contributed by atoms with van der Waals surface area (Å²) in [5.41, 5.74) is 0.241. The van der Waals surface area contributed by atoms with Gasteiger partial charge >= 0.3 is 12.1 Å². The first-order chi connectivity index (χ1) is 16.5. The molecule has 1 heterocycles. The van der Waals surface area contributed by atoms with Gasteiger partial charge in [0.1, 0.15) is 5.60 Å². The first-order valence-electron chi connectivity index (χ1n) is 12.0. The average molecular weight is 479 g/mol. The highest BCUT2D eigenvalue weighted by atomic mass is 16.6. The van der Waals surface area contributed by atoms with Gasteiger partial charge < -0.3 is 19.7 Å². The summed E-state index contributed by atoms with van der Waals surface area (Å²) in [6.07, 6.45) is 0.382. The topological polar surface area (TPSA) is 84.9 Å². The number of nitrogens with zero attached hydrogens (tertiary/aromatic N) is 1. The Kier molecular flexibility index (Phi) is 6.38. The number of amides is 2. The number of esters is 1. The van der Waals surface area contributed by atoms with Crippen molar-refractivity contribution in [3.8, 4) is 0 Å². The number of carbonyl (C=O) groups excluding carboxylic acids is 3. The third-order valence-electron chi connectivity index (χ3n) is 7.45. The fourth-order valence-electron chi connectivity index (χ4n) is 5.77. The number of ether oxygens (including phenoxy) is 2. The molecule has 1 aliphatic carbocycles. The van der Waals surface area contributed by atoms with Crippen molar-refractivity contribution in [1.29, 1.82) is 0 Å². The number of methoxy groups -OCH3 is 1. The molecule has 0 saturated heterocycles. The highest BCUT2D eigenvalue weighted by Crippen LogP contribution is 2.67. The van der Waals surface area contributed by atoms with Gasteiger partial charge in [-0.3, -0.25) is 9.59 Å². The van der Waals surface area contributed by atoms with Crippen molar-refractivity contribution in [3.63, 3.8) is 0 Å². The van der Waals surface area contributed by atoms with E-state index >= 15 is 0 Å². The Morgan fingerprint density at radius 3 is 2.40 bits per heavy atom. The van der Waals surface area contributed by atoms with Crippen molar-refractivity contribution in [2.24, 2.45) is 11.3 Å². The van der Waals surface area contributed by atoms with E-state index < -0.39 is 28.4 Å². The molecule has 7 nitrogen and oxygen atoms in total. The fraction of sp³-hybridized carbons (Fsp3) is 0.464. The molecule has 2 aromatic rings. The lowest BCUT2D eigenvalue weighted by Gasteiger charge is -2.63. The molecule has 1 N–H and O–H groups in total. The molecular formula is C28H34N2O5. The van der Waals surface area contributed by atoms with Crippen molar-refractivity contribution >= 4 is 23.7 Å². The van der Waals surface area contributed by atoms with Gasteiger partial charge in [-0.2, -0.15) is 0 Å². The van der Waals surface area contributed by atoms with Gasteiger partial charge in [-0.25, -0.2) is 4.79 Å². The minimum atomic E-state index is -0.896. The summed E-state index contributed by atoms with van der Waals surface area (Å²) in [7, 11) is 1.38. The van der Waals surface area contributed by atoms with Gasteiger partial charge in [-0.1, -0.05) is 48.5 Å². The third-order valence-corrected chi connectivity index (χ3v) is 7.45. The summed E-state index contributed by atoms with van der Waals surface area (Å²) in [6, 6.07) is 17.3. The number of anilines is 1. The Morgan fingerprint density at radius 1 is 1.09 bits per heavy atom. The molecule has 1 saturated carbocycles. The zero-order valence-electron chi connectivity index (χ0n) is 21.1. The van der Waals surface area contributed by atoms with Crippen LogP contribution in [0.2, 0.25) is 0 Å². The van der Waals surface area contributed by atoms with E-state index in [2.05, 4.69) is 5.32 Å². The van der Waals surface area contributed by atoms with Crippen LogP contribution in [-0.4, -0.2) is 42.1 Å². The molecule has 2 aromatic carbocycles. The molecule has 0 aromatic heterocycles. The Bertz CT molecular complexity index is 1130. The Morgan fingerprint density at radius 2 is 1.74 bits per heavy atom. The summed E-state index contributed by atoms with van der Waals surface area (Å²) in [5, 5.41) is 3.00. The third kappa shape index (κ3) is 4.28. The lowest BCUT2D eigenvalue weighted by Crippen LogP contribution is -2.69. The van der Waals surface area contributed by atoms with Gasteiger partial charge in [0.2, 0.25) is 5.91 Å². The number of para-hydroxylation sites is 1. The number of carbonyl (C=O) groups is 3. The highest BCUT2D eigenvalue weighted by molar-refractivity contribution is 6.01. The second-order valence-electron chi connectivity index (χ2n) is 10.7. The summed E-state index contributed by atoms with van der Waals surface area (Å²) in [4.78, 5) is 41.1. The number of benzene rings is 2. The molecule has 4 rings (SSSR count). The first-order valence-corrected chi connectivity index (χ1v) is 12.0. The van der Waals surface area contributed by atoms with Crippen LogP contribution in [0.1, 0.15) is 51.7 Å². The molecule has 1 fully saturated rings. The number of hydrogen-bond donors (Lipinski definition) is 1. The van der Waals surface area contributed by atoms with E-state index in [0.29, 0.717) is 31.6 Å². The second-order valence-corrected chi connectivity index (χ2v) is 10.7. The molecule has 0 unspecified atom stereocenters. The summed E-state index contributed by atoms with van der Waals surface area (Å²) >= 11 is 0. The van der Waals surface area contributed by atoms with E-state index in [9.17, 15) is 14.4 Å².